The molecule has 2 heterocycles. The number of fused-ring (bicyclic) bond motifs is 2. The van der Waals surface area contributed by atoms with Gasteiger partial charge in [-0.25, -0.2) is 0 Å². The van der Waals surface area contributed by atoms with Gasteiger partial charge in [0.1, 0.15) is 0 Å². The highest BCUT2D eigenvalue weighted by atomic mass is 16.2. The molecule has 2 aliphatic rings. The summed E-state index contributed by atoms with van der Waals surface area (Å²) in [5.74, 6) is 0.227. The summed E-state index contributed by atoms with van der Waals surface area (Å²) in [6.45, 7) is 0.603. The largest absolute Gasteiger partial charge is 0.328 e. The van der Waals surface area contributed by atoms with Gasteiger partial charge in [0.25, 0.3) is 0 Å². The fourth-order valence-electron chi connectivity index (χ4n) is 2.47. The van der Waals surface area contributed by atoms with Crippen LogP contribution in [0.25, 0.3) is 0 Å². The Morgan fingerprint density at radius 1 is 1.20 bits per heavy atom. The van der Waals surface area contributed by atoms with Gasteiger partial charge in [-0.2, -0.15) is 0 Å². The van der Waals surface area contributed by atoms with Crippen LogP contribution in [0.5, 0.6) is 0 Å². The molecule has 3 nitrogen and oxygen atoms in total. The maximum atomic E-state index is 12.0. The molecule has 0 N–H and O–H groups in total. The Hall–Kier alpha value is -1.64. The van der Waals surface area contributed by atoms with Gasteiger partial charge in [-0.05, 0) is 12.0 Å². The summed E-state index contributed by atoms with van der Waals surface area (Å²) in [4.78, 5) is 25.3. The number of ketones is 1. The van der Waals surface area contributed by atoms with Crippen molar-refractivity contribution in [3.05, 3.63) is 35.4 Å². The van der Waals surface area contributed by atoms with Crippen molar-refractivity contribution in [2.75, 3.05) is 0 Å². The predicted octanol–water partition coefficient (Wildman–Crippen LogP) is 1.37. The zero-order chi connectivity index (χ0) is 10.4. The van der Waals surface area contributed by atoms with E-state index in [4.69, 9.17) is 0 Å². The minimum atomic E-state index is -0.188. The second-order valence-corrected chi connectivity index (χ2v) is 4.10. The maximum Gasteiger partial charge on any atom is 0.223 e. The zero-order valence-corrected chi connectivity index (χ0v) is 8.27. The lowest BCUT2D eigenvalue weighted by Crippen LogP contribution is -2.42. The standard InChI is InChI=1S/C12H11NO2/c14-11-6-5-10-12(15)9-4-2-1-3-8(9)7-13(10)11/h1-4,10H,5-7H2. The molecule has 0 aliphatic carbocycles. The Kier molecular flexibility index (Phi) is 1.69. The number of hydrogen-bond donors (Lipinski definition) is 0. The van der Waals surface area contributed by atoms with Gasteiger partial charge < -0.3 is 4.90 Å². The molecule has 1 saturated heterocycles. The number of carbonyl (C=O) groups is 2. The van der Waals surface area contributed by atoms with E-state index in [-0.39, 0.29) is 17.7 Å². The maximum absolute atomic E-state index is 12.0. The molecule has 0 saturated carbocycles. The topological polar surface area (TPSA) is 37.4 Å². The van der Waals surface area contributed by atoms with Crippen LogP contribution in [0.1, 0.15) is 28.8 Å². The van der Waals surface area contributed by atoms with E-state index in [1.807, 2.05) is 24.3 Å². The van der Waals surface area contributed by atoms with Crippen molar-refractivity contribution in [1.82, 2.24) is 4.90 Å². The summed E-state index contributed by atoms with van der Waals surface area (Å²) < 4.78 is 0. The second kappa shape index (κ2) is 2.92. The molecule has 2 aliphatic heterocycles. The van der Waals surface area contributed by atoms with E-state index in [0.29, 0.717) is 19.4 Å². The first-order chi connectivity index (χ1) is 7.27. The third-order valence-electron chi connectivity index (χ3n) is 3.25. The summed E-state index contributed by atoms with van der Waals surface area (Å²) in [6.07, 6.45) is 1.20. The van der Waals surface area contributed by atoms with E-state index in [0.717, 1.165) is 11.1 Å². The Morgan fingerprint density at radius 2 is 2.00 bits per heavy atom. The van der Waals surface area contributed by atoms with Crippen molar-refractivity contribution in [2.45, 2.75) is 25.4 Å². The predicted molar refractivity (Wildman–Crippen MR) is 54.3 cm³/mol. The van der Waals surface area contributed by atoms with Gasteiger partial charge in [-0.1, -0.05) is 24.3 Å². The highest BCUT2D eigenvalue weighted by Crippen LogP contribution is 2.30. The highest BCUT2D eigenvalue weighted by Gasteiger charge is 2.40. The normalized spacial score (nSPS) is 24.0. The van der Waals surface area contributed by atoms with Crippen molar-refractivity contribution >= 4 is 11.7 Å². The molecule has 0 bridgehead atoms. The molecule has 76 valence electrons. The molecule has 3 rings (SSSR count). The number of Topliss-reactive ketones (excluding diaryl/α,β-unsaturated/α-hetero) is 1. The third-order valence-corrected chi connectivity index (χ3v) is 3.25. The molecule has 15 heavy (non-hydrogen) atoms. The van der Waals surface area contributed by atoms with E-state index < -0.39 is 0 Å². The van der Waals surface area contributed by atoms with E-state index in [1.165, 1.54) is 0 Å². The monoisotopic (exact) mass is 201 g/mol. The number of carbonyl (C=O) groups excluding carboxylic acids is 2. The van der Waals surface area contributed by atoms with Crippen molar-refractivity contribution < 1.29 is 9.59 Å². The van der Waals surface area contributed by atoms with Crippen LogP contribution in [-0.2, 0) is 11.3 Å². The quantitative estimate of drug-likeness (QED) is 0.635. The molecular weight excluding hydrogens is 190 g/mol. The Balaban J connectivity index is 2.10. The summed E-state index contributed by atoms with van der Waals surface area (Å²) in [5, 5.41) is 0. The molecule has 1 amide bonds. The SMILES string of the molecule is O=C1c2ccccc2CN2C(=O)CCC12. The minimum Gasteiger partial charge on any atom is -0.328 e. The summed E-state index contributed by atoms with van der Waals surface area (Å²) >= 11 is 0. The van der Waals surface area contributed by atoms with Crippen LogP contribution >= 0.6 is 0 Å². The second-order valence-electron chi connectivity index (χ2n) is 4.10. The van der Waals surface area contributed by atoms with Gasteiger partial charge in [0, 0.05) is 18.5 Å². The van der Waals surface area contributed by atoms with Crippen LogP contribution in [0, 0.1) is 0 Å². The van der Waals surface area contributed by atoms with E-state index in [2.05, 4.69) is 0 Å². The van der Waals surface area contributed by atoms with Gasteiger partial charge in [0.05, 0.1) is 6.04 Å². The average molecular weight is 201 g/mol. The van der Waals surface area contributed by atoms with Crippen LogP contribution in [0.3, 0.4) is 0 Å². The van der Waals surface area contributed by atoms with Crippen molar-refractivity contribution in [2.24, 2.45) is 0 Å². The van der Waals surface area contributed by atoms with Crippen molar-refractivity contribution in [3.63, 3.8) is 0 Å². The number of benzene rings is 1. The third kappa shape index (κ3) is 1.12. The van der Waals surface area contributed by atoms with Crippen LogP contribution in [0.2, 0.25) is 0 Å². The van der Waals surface area contributed by atoms with Gasteiger partial charge in [0.15, 0.2) is 5.78 Å². The fourth-order valence-corrected chi connectivity index (χ4v) is 2.47. The fraction of sp³-hybridized carbons (Fsp3) is 0.333. The van der Waals surface area contributed by atoms with Crippen molar-refractivity contribution in [1.29, 1.82) is 0 Å². The molecule has 1 fully saturated rings. The number of amides is 1. The molecule has 1 aromatic rings. The molecule has 1 atom stereocenters. The van der Waals surface area contributed by atoms with Gasteiger partial charge in [-0.3, -0.25) is 9.59 Å². The lowest BCUT2D eigenvalue weighted by atomic mass is 9.93. The molecule has 0 radical (unpaired) electrons. The summed E-state index contributed by atoms with van der Waals surface area (Å²) in [7, 11) is 0. The average Bonchev–Trinajstić information content (AvgIpc) is 2.62. The first-order valence-corrected chi connectivity index (χ1v) is 5.19. The lowest BCUT2D eigenvalue weighted by molar-refractivity contribution is -0.129. The van der Waals surface area contributed by atoms with E-state index in [9.17, 15) is 9.59 Å². The van der Waals surface area contributed by atoms with Crippen LogP contribution in [0.15, 0.2) is 24.3 Å². The lowest BCUT2D eigenvalue weighted by Gasteiger charge is -2.30. The van der Waals surface area contributed by atoms with Crippen LogP contribution in [-0.4, -0.2) is 22.6 Å². The molecule has 0 aromatic heterocycles. The van der Waals surface area contributed by atoms with E-state index >= 15 is 0 Å². The Bertz CT molecular complexity index is 453. The highest BCUT2D eigenvalue weighted by molar-refractivity contribution is 6.05. The van der Waals surface area contributed by atoms with Crippen molar-refractivity contribution in [3.8, 4) is 0 Å². The van der Waals surface area contributed by atoms with E-state index in [1.54, 1.807) is 4.90 Å². The zero-order valence-electron chi connectivity index (χ0n) is 8.27. The summed E-state index contributed by atoms with van der Waals surface area (Å²) in [6, 6.07) is 7.38. The number of hydrogen-bond acceptors (Lipinski definition) is 2. The molecule has 1 aromatic carbocycles. The Labute approximate surface area is 87.7 Å². The summed E-state index contributed by atoms with van der Waals surface area (Å²) in [5.41, 5.74) is 1.78. The smallest absolute Gasteiger partial charge is 0.223 e. The van der Waals surface area contributed by atoms with Crippen LogP contribution < -0.4 is 0 Å². The number of nitrogens with zero attached hydrogens (tertiary/aromatic N) is 1. The van der Waals surface area contributed by atoms with Gasteiger partial charge in [0.2, 0.25) is 5.91 Å². The first kappa shape index (κ1) is 8.65. The van der Waals surface area contributed by atoms with Crippen LogP contribution in [0.4, 0.5) is 0 Å². The minimum absolute atomic E-state index is 0.114. The van der Waals surface area contributed by atoms with Gasteiger partial charge >= 0.3 is 0 Å². The molecule has 1 unspecified atom stereocenters. The van der Waals surface area contributed by atoms with Gasteiger partial charge in [-0.15, -0.1) is 0 Å². The molecule has 3 heteroatoms. The molecule has 0 spiro atoms. The first-order valence-electron chi connectivity index (χ1n) is 5.19. The molecular formula is C12H11NO2. The number of rotatable bonds is 0. The Morgan fingerprint density at radius 3 is 2.87 bits per heavy atom.